The molecule has 0 saturated carbocycles. The summed E-state index contributed by atoms with van der Waals surface area (Å²) in [5, 5.41) is 0. The van der Waals surface area contributed by atoms with Crippen LogP contribution in [0.3, 0.4) is 0 Å². The average molecular weight is 332 g/mol. The first kappa shape index (κ1) is 15.4. The number of hydrogen-bond donors (Lipinski definition) is 1. The zero-order valence-electron chi connectivity index (χ0n) is 13.0. The molecule has 0 fully saturated rings. The molecule has 3 rings (SSSR count). The number of aromatic nitrogens is 1. The first-order valence-electron chi connectivity index (χ1n) is 6.94. The molecule has 3 aromatic rings. The summed E-state index contributed by atoms with van der Waals surface area (Å²) in [6.45, 7) is 3.53. The molecule has 1 heterocycles. The standard InChI is InChI=1S/C16H16N2O4S/c1-10-8-13(5-7-15(10)21-3)23(19,20)18-12-4-6-14-16(9-12)22-11(2)17-14/h4-9,18H,1-3H3. The second kappa shape index (κ2) is 5.58. The molecule has 0 aliphatic carbocycles. The Balaban J connectivity index is 1.94. The molecule has 7 heteroatoms. The van der Waals surface area contributed by atoms with E-state index in [1.54, 1.807) is 51.3 Å². The summed E-state index contributed by atoms with van der Waals surface area (Å²) < 4.78 is 38.1. The molecule has 0 unspecified atom stereocenters. The fourth-order valence-electron chi connectivity index (χ4n) is 2.34. The molecule has 0 radical (unpaired) electrons. The number of methoxy groups -OCH3 is 1. The highest BCUT2D eigenvalue weighted by Crippen LogP contribution is 2.25. The largest absolute Gasteiger partial charge is 0.496 e. The predicted octanol–water partition coefficient (Wildman–Crippen LogP) is 3.25. The normalized spacial score (nSPS) is 11.6. The molecule has 0 saturated heterocycles. The zero-order valence-corrected chi connectivity index (χ0v) is 13.8. The third-order valence-electron chi connectivity index (χ3n) is 3.42. The number of benzene rings is 2. The van der Waals surface area contributed by atoms with E-state index in [9.17, 15) is 8.42 Å². The number of fused-ring (bicyclic) bond motifs is 1. The average Bonchev–Trinajstić information content (AvgIpc) is 2.86. The summed E-state index contributed by atoms with van der Waals surface area (Å²) in [7, 11) is -2.15. The van der Waals surface area contributed by atoms with Crippen molar-refractivity contribution in [1.82, 2.24) is 4.98 Å². The molecule has 0 amide bonds. The van der Waals surface area contributed by atoms with Gasteiger partial charge in [-0.05, 0) is 42.8 Å². The minimum absolute atomic E-state index is 0.171. The molecule has 120 valence electrons. The van der Waals surface area contributed by atoms with E-state index in [4.69, 9.17) is 9.15 Å². The van der Waals surface area contributed by atoms with Crippen LogP contribution < -0.4 is 9.46 Å². The van der Waals surface area contributed by atoms with Crippen LogP contribution >= 0.6 is 0 Å². The monoisotopic (exact) mass is 332 g/mol. The van der Waals surface area contributed by atoms with E-state index in [-0.39, 0.29) is 4.90 Å². The number of sulfonamides is 1. The van der Waals surface area contributed by atoms with Crippen molar-refractivity contribution in [3.05, 3.63) is 47.9 Å². The summed E-state index contributed by atoms with van der Waals surface area (Å²) in [5.41, 5.74) is 2.39. The van der Waals surface area contributed by atoms with Gasteiger partial charge in [-0.15, -0.1) is 0 Å². The van der Waals surface area contributed by atoms with E-state index < -0.39 is 10.0 Å². The van der Waals surface area contributed by atoms with E-state index in [2.05, 4.69) is 9.71 Å². The number of nitrogens with zero attached hydrogens (tertiary/aromatic N) is 1. The van der Waals surface area contributed by atoms with Crippen LogP contribution in [0.2, 0.25) is 0 Å². The Kier molecular flexibility index (Phi) is 3.73. The van der Waals surface area contributed by atoms with Crippen LogP contribution in [0, 0.1) is 13.8 Å². The first-order valence-corrected chi connectivity index (χ1v) is 8.42. The van der Waals surface area contributed by atoms with Gasteiger partial charge in [-0.3, -0.25) is 4.72 Å². The number of aryl methyl sites for hydroxylation is 2. The maximum Gasteiger partial charge on any atom is 0.261 e. The number of rotatable bonds is 4. The predicted molar refractivity (Wildman–Crippen MR) is 87.3 cm³/mol. The lowest BCUT2D eigenvalue weighted by Crippen LogP contribution is -2.13. The first-order chi connectivity index (χ1) is 10.9. The van der Waals surface area contributed by atoms with Crippen molar-refractivity contribution in [2.24, 2.45) is 0 Å². The summed E-state index contributed by atoms with van der Waals surface area (Å²) >= 11 is 0. The van der Waals surface area contributed by atoms with Crippen LogP contribution in [0.1, 0.15) is 11.5 Å². The van der Waals surface area contributed by atoms with Crippen molar-refractivity contribution in [3.63, 3.8) is 0 Å². The van der Waals surface area contributed by atoms with E-state index in [1.807, 2.05) is 0 Å². The fraction of sp³-hybridized carbons (Fsp3) is 0.188. The van der Waals surface area contributed by atoms with E-state index in [0.29, 0.717) is 28.4 Å². The number of nitrogens with one attached hydrogen (secondary N) is 1. The third kappa shape index (κ3) is 3.00. The fourth-order valence-corrected chi connectivity index (χ4v) is 3.47. The van der Waals surface area contributed by atoms with Crippen LogP contribution in [0.15, 0.2) is 45.7 Å². The molecule has 6 nitrogen and oxygen atoms in total. The molecule has 0 aliphatic heterocycles. The van der Waals surface area contributed by atoms with E-state index >= 15 is 0 Å². The highest BCUT2D eigenvalue weighted by atomic mass is 32.2. The van der Waals surface area contributed by atoms with Crippen LogP contribution in [0.4, 0.5) is 5.69 Å². The van der Waals surface area contributed by atoms with Gasteiger partial charge in [0.05, 0.1) is 17.7 Å². The van der Waals surface area contributed by atoms with Crippen LogP contribution in [0.25, 0.3) is 11.1 Å². The second-order valence-corrected chi connectivity index (χ2v) is 6.83. The van der Waals surface area contributed by atoms with Gasteiger partial charge in [-0.1, -0.05) is 0 Å². The molecule has 1 aromatic heterocycles. The van der Waals surface area contributed by atoms with Gasteiger partial charge < -0.3 is 9.15 Å². The van der Waals surface area contributed by atoms with Crippen molar-refractivity contribution in [2.75, 3.05) is 11.8 Å². The molecule has 1 N–H and O–H groups in total. The van der Waals surface area contributed by atoms with E-state index in [0.717, 1.165) is 5.56 Å². The topological polar surface area (TPSA) is 81.4 Å². The maximum absolute atomic E-state index is 12.5. The van der Waals surface area contributed by atoms with E-state index in [1.165, 1.54) is 6.07 Å². The molecule has 0 aliphatic rings. The molecule has 0 bridgehead atoms. The van der Waals surface area contributed by atoms with Gasteiger partial charge in [0.2, 0.25) is 0 Å². The lowest BCUT2D eigenvalue weighted by atomic mass is 10.2. The van der Waals surface area contributed by atoms with Crippen molar-refractivity contribution in [3.8, 4) is 5.75 Å². The Morgan fingerprint density at radius 1 is 1.13 bits per heavy atom. The highest BCUT2D eigenvalue weighted by Gasteiger charge is 2.16. The Bertz CT molecular complexity index is 977. The Morgan fingerprint density at radius 3 is 2.61 bits per heavy atom. The van der Waals surface area contributed by atoms with Crippen molar-refractivity contribution in [1.29, 1.82) is 0 Å². The van der Waals surface area contributed by atoms with Gasteiger partial charge in [0.15, 0.2) is 11.5 Å². The molecule has 23 heavy (non-hydrogen) atoms. The van der Waals surface area contributed by atoms with Crippen molar-refractivity contribution >= 4 is 26.8 Å². The maximum atomic E-state index is 12.5. The highest BCUT2D eigenvalue weighted by molar-refractivity contribution is 7.92. The lowest BCUT2D eigenvalue weighted by Gasteiger charge is -2.10. The Morgan fingerprint density at radius 2 is 1.91 bits per heavy atom. The minimum Gasteiger partial charge on any atom is -0.496 e. The Hall–Kier alpha value is -2.54. The lowest BCUT2D eigenvalue weighted by molar-refractivity contribution is 0.411. The molecule has 0 atom stereocenters. The molecular formula is C16H16N2O4S. The third-order valence-corrected chi connectivity index (χ3v) is 4.80. The van der Waals surface area contributed by atoms with Gasteiger partial charge in [-0.2, -0.15) is 0 Å². The minimum atomic E-state index is -3.69. The number of anilines is 1. The smallest absolute Gasteiger partial charge is 0.261 e. The molecular weight excluding hydrogens is 316 g/mol. The number of ether oxygens (including phenoxy) is 1. The van der Waals surface area contributed by atoms with Gasteiger partial charge in [0, 0.05) is 13.0 Å². The van der Waals surface area contributed by atoms with Gasteiger partial charge in [0.25, 0.3) is 10.0 Å². The summed E-state index contributed by atoms with van der Waals surface area (Å²) in [6, 6.07) is 9.68. The molecule has 2 aromatic carbocycles. The summed E-state index contributed by atoms with van der Waals surface area (Å²) in [5.74, 6) is 1.17. The van der Waals surface area contributed by atoms with Crippen LogP contribution in [-0.4, -0.2) is 20.5 Å². The number of oxazole rings is 1. The van der Waals surface area contributed by atoms with Crippen molar-refractivity contribution in [2.45, 2.75) is 18.7 Å². The van der Waals surface area contributed by atoms with Crippen LogP contribution in [0.5, 0.6) is 5.75 Å². The number of hydrogen-bond acceptors (Lipinski definition) is 5. The summed E-state index contributed by atoms with van der Waals surface area (Å²) in [6.07, 6.45) is 0. The molecule has 0 spiro atoms. The van der Waals surface area contributed by atoms with Crippen molar-refractivity contribution < 1.29 is 17.6 Å². The SMILES string of the molecule is COc1ccc(S(=O)(=O)Nc2ccc3nc(C)oc3c2)cc1C. The second-order valence-electron chi connectivity index (χ2n) is 5.15. The quantitative estimate of drug-likeness (QED) is 0.793. The summed E-state index contributed by atoms with van der Waals surface area (Å²) in [4.78, 5) is 4.35. The van der Waals surface area contributed by atoms with Gasteiger partial charge in [0.1, 0.15) is 11.3 Å². The van der Waals surface area contributed by atoms with Gasteiger partial charge >= 0.3 is 0 Å². The zero-order chi connectivity index (χ0) is 16.6. The van der Waals surface area contributed by atoms with Crippen LogP contribution in [-0.2, 0) is 10.0 Å². The Labute approximate surface area is 134 Å². The van der Waals surface area contributed by atoms with Gasteiger partial charge in [-0.25, -0.2) is 13.4 Å².